The van der Waals surface area contributed by atoms with Gasteiger partial charge >= 0.3 is 0 Å². The Bertz CT molecular complexity index is 231. The highest BCUT2D eigenvalue weighted by atomic mass is 16.3. The van der Waals surface area contributed by atoms with Crippen LogP contribution in [0, 0.1) is 5.92 Å². The Morgan fingerprint density at radius 3 is 2.50 bits per heavy atom. The van der Waals surface area contributed by atoms with E-state index in [0.29, 0.717) is 6.42 Å². The molecular weight excluding hydrogens is 154 g/mol. The number of carbonyl (C=O) groups is 1. The lowest BCUT2D eigenvalue weighted by Gasteiger charge is -2.11. The Morgan fingerprint density at radius 1 is 1.58 bits per heavy atom. The molecule has 1 heterocycles. The second kappa shape index (κ2) is 3.27. The zero-order valence-corrected chi connectivity index (χ0v) is 7.72. The van der Waals surface area contributed by atoms with Crippen molar-refractivity contribution in [2.75, 3.05) is 0 Å². The molecule has 1 unspecified atom stereocenters. The first-order chi connectivity index (χ1) is 5.57. The Kier molecular flexibility index (Phi) is 2.52. The molecule has 0 fully saturated rings. The highest BCUT2D eigenvalue weighted by Gasteiger charge is 2.29. The molecule has 1 aliphatic rings. The van der Waals surface area contributed by atoms with Gasteiger partial charge in [-0.05, 0) is 17.9 Å². The van der Waals surface area contributed by atoms with Crippen LogP contribution in [0.3, 0.4) is 0 Å². The summed E-state index contributed by atoms with van der Waals surface area (Å²) in [6.07, 6.45) is -0.0661. The van der Waals surface area contributed by atoms with Gasteiger partial charge in [-0.2, -0.15) is 0 Å². The lowest BCUT2D eigenvalue weighted by atomic mass is 9.97. The number of carbonyl (C=O) groups excluding carboxylic acids is 1. The summed E-state index contributed by atoms with van der Waals surface area (Å²) in [5.41, 5.74) is 1.60. The molecule has 0 aromatic heterocycles. The average Bonchev–Trinajstić information content (AvgIpc) is 2.24. The summed E-state index contributed by atoms with van der Waals surface area (Å²) in [5, 5.41) is 11.9. The summed E-state index contributed by atoms with van der Waals surface area (Å²) in [6.45, 7) is 5.89. The molecule has 3 nitrogen and oxygen atoms in total. The minimum atomic E-state index is -0.757. The van der Waals surface area contributed by atoms with Crippen LogP contribution in [-0.2, 0) is 4.79 Å². The lowest BCUT2D eigenvalue weighted by molar-refractivity contribution is -0.118. The molecule has 0 aromatic carbocycles. The maximum atomic E-state index is 11.2. The standard InChI is InChI=1S/C9H15NO2/c1-4-6-7(5(2)3)9(12)10-8(6)11/h5,9,12H,4H2,1-3H3,(H,10,11). The quantitative estimate of drug-likeness (QED) is 0.642. The highest BCUT2D eigenvalue weighted by molar-refractivity contribution is 5.97. The monoisotopic (exact) mass is 169 g/mol. The van der Waals surface area contributed by atoms with Gasteiger partial charge in [0.1, 0.15) is 6.23 Å². The predicted octanol–water partition coefficient (Wildman–Crippen LogP) is 0.797. The van der Waals surface area contributed by atoms with Crippen molar-refractivity contribution in [1.82, 2.24) is 5.32 Å². The van der Waals surface area contributed by atoms with Gasteiger partial charge in [-0.3, -0.25) is 4.79 Å². The van der Waals surface area contributed by atoms with E-state index in [0.717, 1.165) is 11.1 Å². The van der Waals surface area contributed by atoms with Crippen LogP contribution in [0.2, 0.25) is 0 Å². The molecule has 1 rings (SSSR count). The van der Waals surface area contributed by atoms with Crippen LogP contribution in [0.5, 0.6) is 0 Å². The fourth-order valence-electron chi connectivity index (χ4n) is 1.61. The van der Waals surface area contributed by atoms with Gasteiger partial charge in [0, 0.05) is 5.57 Å². The Balaban J connectivity index is 3.01. The third kappa shape index (κ3) is 1.37. The van der Waals surface area contributed by atoms with E-state index in [4.69, 9.17) is 0 Å². The average molecular weight is 169 g/mol. The largest absolute Gasteiger partial charge is 0.370 e. The first kappa shape index (κ1) is 9.26. The van der Waals surface area contributed by atoms with Crippen LogP contribution in [0.1, 0.15) is 27.2 Å². The third-order valence-corrected chi connectivity index (χ3v) is 2.16. The second-order valence-corrected chi connectivity index (χ2v) is 3.32. The summed E-state index contributed by atoms with van der Waals surface area (Å²) in [6, 6.07) is 0. The molecule has 1 atom stereocenters. The molecule has 12 heavy (non-hydrogen) atoms. The lowest BCUT2D eigenvalue weighted by Crippen LogP contribution is -2.29. The number of hydrogen-bond acceptors (Lipinski definition) is 2. The number of hydrogen-bond donors (Lipinski definition) is 2. The molecule has 0 bridgehead atoms. The maximum Gasteiger partial charge on any atom is 0.249 e. The third-order valence-electron chi connectivity index (χ3n) is 2.16. The van der Waals surface area contributed by atoms with Crippen LogP contribution in [0.4, 0.5) is 0 Å². The molecule has 68 valence electrons. The van der Waals surface area contributed by atoms with E-state index in [-0.39, 0.29) is 11.8 Å². The first-order valence-electron chi connectivity index (χ1n) is 4.29. The van der Waals surface area contributed by atoms with E-state index in [1.165, 1.54) is 0 Å². The van der Waals surface area contributed by atoms with Crippen LogP contribution in [-0.4, -0.2) is 17.2 Å². The van der Waals surface area contributed by atoms with Crippen molar-refractivity contribution in [2.45, 2.75) is 33.4 Å². The van der Waals surface area contributed by atoms with Crippen molar-refractivity contribution in [3.63, 3.8) is 0 Å². The van der Waals surface area contributed by atoms with Crippen LogP contribution in [0.25, 0.3) is 0 Å². The van der Waals surface area contributed by atoms with Crippen LogP contribution in [0.15, 0.2) is 11.1 Å². The fourth-order valence-corrected chi connectivity index (χ4v) is 1.61. The predicted molar refractivity (Wildman–Crippen MR) is 46.3 cm³/mol. The number of rotatable bonds is 2. The molecule has 1 aliphatic heterocycles. The molecule has 1 amide bonds. The SMILES string of the molecule is CCC1=C(C(C)C)C(O)NC1=O. The zero-order chi connectivity index (χ0) is 9.30. The maximum absolute atomic E-state index is 11.2. The van der Waals surface area contributed by atoms with Gasteiger partial charge in [-0.1, -0.05) is 20.8 Å². The fraction of sp³-hybridized carbons (Fsp3) is 0.667. The number of amides is 1. The molecule has 0 radical (unpaired) electrons. The molecule has 3 heteroatoms. The molecule has 0 saturated carbocycles. The Labute approximate surface area is 72.5 Å². The second-order valence-electron chi connectivity index (χ2n) is 3.32. The zero-order valence-electron chi connectivity index (χ0n) is 7.72. The normalized spacial score (nSPS) is 23.8. The molecule has 2 N–H and O–H groups in total. The van der Waals surface area contributed by atoms with Gasteiger partial charge in [0.25, 0.3) is 0 Å². The van der Waals surface area contributed by atoms with E-state index in [2.05, 4.69) is 5.32 Å². The van der Waals surface area contributed by atoms with E-state index in [1.807, 2.05) is 20.8 Å². The highest BCUT2D eigenvalue weighted by Crippen LogP contribution is 2.25. The van der Waals surface area contributed by atoms with E-state index >= 15 is 0 Å². The van der Waals surface area contributed by atoms with Crippen molar-refractivity contribution in [3.05, 3.63) is 11.1 Å². The Morgan fingerprint density at radius 2 is 2.17 bits per heavy atom. The van der Waals surface area contributed by atoms with E-state index in [1.54, 1.807) is 0 Å². The van der Waals surface area contributed by atoms with Crippen LogP contribution >= 0.6 is 0 Å². The smallest absolute Gasteiger partial charge is 0.249 e. The van der Waals surface area contributed by atoms with Gasteiger partial charge in [-0.15, -0.1) is 0 Å². The molecular formula is C9H15NO2. The van der Waals surface area contributed by atoms with Crippen molar-refractivity contribution >= 4 is 5.91 Å². The topological polar surface area (TPSA) is 49.3 Å². The van der Waals surface area contributed by atoms with Gasteiger partial charge in [0.15, 0.2) is 0 Å². The molecule has 0 aliphatic carbocycles. The minimum absolute atomic E-state index is 0.117. The Hall–Kier alpha value is -0.830. The molecule has 0 spiro atoms. The molecule has 0 saturated heterocycles. The van der Waals surface area contributed by atoms with Gasteiger partial charge in [0.2, 0.25) is 5.91 Å². The summed E-state index contributed by atoms with van der Waals surface area (Å²) in [4.78, 5) is 11.2. The van der Waals surface area contributed by atoms with Crippen molar-refractivity contribution in [1.29, 1.82) is 0 Å². The van der Waals surface area contributed by atoms with Crippen molar-refractivity contribution < 1.29 is 9.90 Å². The number of nitrogens with one attached hydrogen (secondary N) is 1. The van der Waals surface area contributed by atoms with Gasteiger partial charge < -0.3 is 10.4 Å². The number of aliphatic hydroxyl groups is 1. The summed E-state index contributed by atoms with van der Waals surface area (Å²) >= 11 is 0. The van der Waals surface area contributed by atoms with Gasteiger partial charge in [-0.25, -0.2) is 0 Å². The summed E-state index contributed by atoms with van der Waals surface area (Å²) in [7, 11) is 0. The van der Waals surface area contributed by atoms with E-state index < -0.39 is 6.23 Å². The van der Waals surface area contributed by atoms with Gasteiger partial charge in [0.05, 0.1) is 0 Å². The van der Waals surface area contributed by atoms with Crippen molar-refractivity contribution in [2.24, 2.45) is 5.92 Å². The summed E-state index contributed by atoms with van der Waals surface area (Å²) in [5.74, 6) is 0.114. The first-order valence-corrected chi connectivity index (χ1v) is 4.29. The van der Waals surface area contributed by atoms with Crippen LogP contribution < -0.4 is 5.32 Å². The minimum Gasteiger partial charge on any atom is -0.370 e. The van der Waals surface area contributed by atoms with Crippen molar-refractivity contribution in [3.8, 4) is 0 Å². The number of aliphatic hydroxyl groups excluding tert-OH is 1. The summed E-state index contributed by atoms with van der Waals surface area (Å²) < 4.78 is 0. The van der Waals surface area contributed by atoms with E-state index in [9.17, 15) is 9.90 Å². The molecule has 0 aromatic rings.